The molecule has 0 aliphatic heterocycles. The number of nitrogens with zero attached hydrogens (tertiary/aromatic N) is 1. The van der Waals surface area contributed by atoms with Crippen molar-refractivity contribution < 1.29 is 0 Å². The summed E-state index contributed by atoms with van der Waals surface area (Å²) >= 11 is 3.38. The molecule has 0 bridgehead atoms. The van der Waals surface area contributed by atoms with Gasteiger partial charge in [-0.2, -0.15) is 0 Å². The zero-order valence-electron chi connectivity index (χ0n) is 7.63. The Kier molecular flexibility index (Phi) is 4.72. The Bertz CT molecular complexity index is 267. The third kappa shape index (κ3) is 4.20. The molecule has 0 aliphatic carbocycles. The van der Waals surface area contributed by atoms with Gasteiger partial charge < -0.3 is 5.32 Å². The third-order valence-electron chi connectivity index (χ3n) is 1.60. The molecule has 0 radical (unpaired) electrons. The highest BCUT2D eigenvalue weighted by atomic mass is 79.9. The fraction of sp³-hybridized carbons (Fsp3) is 0.300. The van der Waals surface area contributed by atoms with Crippen molar-refractivity contribution in [3.63, 3.8) is 0 Å². The molecule has 0 atom stereocenters. The van der Waals surface area contributed by atoms with Crippen LogP contribution in [0.5, 0.6) is 0 Å². The lowest BCUT2D eigenvalue weighted by Gasteiger charge is -1.94. The highest BCUT2D eigenvalue weighted by Gasteiger charge is 1.87. The van der Waals surface area contributed by atoms with Crippen molar-refractivity contribution in [2.45, 2.75) is 0 Å². The van der Waals surface area contributed by atoms with Gasteiger partial charge in [0.2, 0.25) is 0 Å². The van der Waals surface area contributed by atoms with Gasteiger partial charge in [-0.15, -0.1) is 0 Å². The highest BCUT2D eigenvalue weighted by Crippen LogP contribution is 2.08. The maximum Gasteiger partial charge on any atom is 0.0514 e. The lowest BCUT2D eigenvalue weighted by Crippen LogP contribution is -2.10. The van der Waals surface area contributed by atoms with Crippen molar-refractivity contribution in [2.24, 2.45) is 4.99 Å². The van der Waals surface area contributed by atoms with E-state index in [1.165, 1.54) is 0 Å². The first-order chi connectivity index (χ1) is 6.33. The van der Waals surface area contributed by atoms with Crippen molar-refractivity contribution in [3.8, 4) is 0 Å². The lowest BCUT2D eigenvalue weighted by molar-refractivity contribution is 0.804. The van der Waals surface area contributed by atoms with Crippen LogP contribution in [0.15, 0.2) is 33.7 Å². The summed E-state index contributed by atoms with van der Waals surface area (Å²) in [5.41, 5.74) is 1.14. The van der Waals surface area contributed by atoms with Crippen LogP contribution in [0.2, 0.25) is 0 Å². The average molecular weight is 241 g/mol. The van der Waals surface area contributed by atoms with Crippen LogP contribution in [-0.4, -0.2) is 26.4 Å². The molecule has 1 rings (SSSR count). The van der Waals surface area contributed by atoms with Crippen LogP contribution in [0, 0.1) is 0 Å². The first kappa shape index (κ1) is 10.4. The van der Waals surface area contributed by atoms with E-state index in [4.69, 9.17) is 0 Å². The SMILES string of the molecule is CNCCN=Cc1ccc(Br)cc1. The van der Waals surface area contributed by atoms with Gasteiger partial charge in [-0.25, -0.2) is 0 Å². The second-order valence-corrected chi connectivity index (χ2v) is 3.61. The zero-order valence-corrected chi connectivity index (χ0v) is 9.21. The molecule has 1 N–H and O–H groups in total. The van der Waals surface area contributed by atoms with Crippen molar-refractivity contribution >= 4 is 22.1 Å². The molecular weight excluding hydrogens is 228 g/mol. The average Bonchev–Trinajstić information content (AvgIpc) is 2.15. The third-order valence-corrected chi connectivity index (χ3v) is 2.13. The van der Waals surface area contributed by atoms with Crippen LogP contribution in [0.3, 0.4) is 0 Å². The van der Waals surface area contributed by atoms with E-state index in [1.54, 1.807) is 0 Å². The summed E-state index contributed by atoms with van der Waals surface area (Å²) in [6.45, 7) is 1.75. The maximum absolute atomic E-state index is 4.26. The van der Waals surface area contributed by atoms with Gasteiger partial charge >= 0.3 is 0 Å². The first-order valence-electron chi connectivity index (χ1n) is 4.23. The van der Waals surface area contributed by atoms with Gasteiger partial charge in [0, 0.05) is 17.2 Å². The van der Waals surface area contributed by atoms with Crippen molar-refractivity contribution in [1.82, 2.24) is 5.32 Å². The van der Waals surface area contributed by atoms with Crippen LogP contribution >= 0.6 is 15.9 Å². The van der Waals surface area contributed by atoms with Crippen molar-refractivity contribution in [1.29, 1.82) is 0 Å². The molecule has 0 aliphatic rings. The van der Waals surface area contributed by atoms with Gasteiger partial charge in [0.25, 0.3) is 0 Å². The molecule has 0 fully saturated rings. The Balaban J connectivity index is 2.44. The van der Waals surface area contributed by atoms with E-state index in [0.717, 1.165) is 23.1 Å². The quantitative estimate of drug-likeness (QED) is 0.633. The first-order valence-corrected chi connectivity index (χ1v) is 5.02. The fourth-order valence-electron chi connectivity index (χ4n) is 0.895. The number of nitrogens with one attached hydrogen (secondary N) is 1. The Morgan fingerprint density at radius 1 is 1.38 bits per heavy atom. The fourth-order valence-corrected chi connectivity index (χ4v) is 1.16. The van der Waals surface area contributed by atoms with Crippen LogP contribution in [0.1, 0.15) is 5.56 Å². The van der Waals surface area contributed by atoms with Gasteiger partial charge in [-0.1, -0.05) is 28.1 Å². The number of rotatable bonds is 4. The Morgan fingerprint density at radius 2 is 2.08 bits per heavy atom. The molecule has 0 saturated heterocycles. The molecule has 0 amide bonds. The minimum absolute atomic E-state index is 0.826. The largest absolute Gasteiger partial charge is 0.318 e. The summed E-state index contributed by atoms with van der Waals surface area (Å²) in [6, 6.07) is 8.10. The number of aliphatic imine (C=N–C) groups is 1. The predicted octanol–water partition coefficient (Wildman–Crippen LogP) is 2.09. The van der Waals surface area contributed by atoms with Gasteiger partial charge in [0.15, 0.2) is 0 Å². The standard InChI is InChI=1S/C10H13BrN2/c1-12-6-7-13-8-9-2-4-10(11)5-3-9/h2-5,8,12H,6-7H2,1H3. The predicted molar refractivity (Wildman–Crippen MR) is 60.5 cm³/mol. The van der Waals surface area contributed by atoms with E-state index in [-0.39, 0.29) is 0 Å². The summed E-state index contributed by atoms with van der Waals surface area (Å²) in [5, 5.41) is 3.04. The van der Waals surface area contributed by atoms with Crippen LogP contribution in [0.25, 0.3) is 0 Å². The summed E-state index contributed by atoms with van der Waals surface area (Å²) in [7, 11) is 1.93. The maximum atomic E-state index is 4.26. The van der Waals surface area contributed by atoms with Crippen molar-refractivity contribution in [3.05, 3.63) is 34.3 Å². The smallest absolute Gasteiger partial charge is 0.0514 e. The molecule has 0 heterocycles. The van der Waals surface area contributed by atoms with E-state index in [0.29, 0.717) is 0 Å². The number of hydrogen-bond acceptors (Lipinski definition) is 2. The normalized spacial score (nSPS) is 10.9. The molecule has 70 valence electrons. The second-order valence-electron chi connectivity index (χ2n) is 2.69. The molecule has 0 aromatic heterocycles. The molecule has 2 nitrogen and oxygen atoms in total. The van der Waals surface area contributed by atoms with E-state index >= 15 is 0 Å². The van der Waals surface area contributed by atoms with E-state index in [9.17, 15) is 0 Å². The Labute approximate surface area is 87.2 Å². The molecule has 0 spiro atoms. The highest BCUT2D eigenvalue weighted by molar-refractivity contribution is 9.10. The Hall–Kier alpha value is -0.670. The molecule has 3 heteroatoms. The number of hydrogen-bond donors (Lipinski definition) is 1. The monoisotopic (exact) mass is 240 g/mol. The van der Waals surface area contributed by atoms with E-state index in [1.807, 2.05) is 37.5 Å². The van der Waals surface area contributed by atoms with Gasteiger partial charge in [0.1, 0.15) is 0 Å². The number of likely N-dealkylation sites (N-methyl/N-ethyl adjacent to an activating group) is 1. The minimum Gasteiger partial charge on any atom is -0.318 e. The Morgan fingerprint density at radius 3 is 2.69 bits per heavy atom. The lowest BCUT2D eigenvalue weighted by atomic mass is 10.2. The molecule has 0 saturated carbocycles. The number of halogens is 1. The van der Waals surface area contributed by atoms with Gasteiger partial charge in [-0.05, 0) is 24.7 Å². The van der Waals surface area contributed by atoms with E-state index in [2.05, 4.69) is 26.2 Å². The van der Waals surface area contributed by atoms with Gasteiger partial charge in [0.05, 0.1) is 6.54 Å². The second kappa shape index (κ2) is 5.89. The van der Waals surface area contributed by atoms with Crippen LogP contribution in [0.4, 0.5) is 0 Å². The van der Waals surface area contributed by atoms with Crippen molar-refractivity contribution in [2.75, 3.05) is 20.1 Å². The zero-order chi connectivity index (χ0) is 9.52. The topological polar surface area (TPSA) is 24.4 Å². The molecule has 0 unspecified atom stereocenters. The summed E-state index contributed by atoms with van der Waals surface area (Å²) in [5.74, 6) is 0. The van der Waals surface area contributed by atoms with Crippen LogP contribution in [-0.2, 0) is 0 Å². The minimum atomic E-state index is 0.826. The summed E-state index contributed by atoms with van der Waals surface area (Å²) in [6.07, 6.45) is 1.89. The molecule has 13 heavy (non-hydrogen) atoms. The summed E-state index contributed by atoms with van der Waals surface area (Å²) < 4.78 is 1.10. The summed E-state index contributed by atoms with van der Waals surface area (Å²) in [4.78, 5) is 4.26. The molecule has 1 aromatic carbocycles. The number of benzene rings is 1. The van der Waals surface area contributed by atoms with Crippen LogP contribution < -0.4 is 5.32 Å². The molecule has 1 aromatic rings. The van der Waals surface area contributed by atoms with E-state index < -0.39 is 0 Å². The van der Waals surface area contributed by atoms with Gasteiger partial charge in [-0.3, -0.25) is 4.99 Å². The molecular formula is C10H13BrN2.